The molecule has 0 aromatic heterocycles. The van der Waals surface area contributed by atoms with E-state index in [2.05, 4.69) is 0 Å². The summed E-state index contributed by atoms with van der Waals surface area (Å²) in [6.45, 7) is -0.424. The summed E-state index contributed by atoms with van der Waals surface area (Å²) in [5, 5.41) is 0.390. The van der Waals surface area contributed by atoms with Gasteiger partial charge in [0, 0.05) is 0 Å². The van der Waals surface area contributed by atoms with Crippen molar-refractivity contribution in [3.8, 4) is 5.75 Å². The summed E-state index contributed by atoms with van der Waals surface area (Å²) >= 11 is 5.92. The molecule has 0 saturated carbocycles. The zero-order valence-corrected chi connectivity index (χ0v) is 13.9. The Bertz CT molecular complexity index is 801. The van der Waals surface area contributed by atoms with E-state index < -0.39 is 5.97 Å². The molecule has 1 aliphatic rings. The van der Waals surface area contributed by atoms with E-state index in [0.29, 0.717) is 21.9 Å². The predicted molar refractivity (Wildman–Crippen MR) is 89.7 cm³/mol. The van der Waals surface area contributed by atoms with Crippen LogP contribution >= 0.6 is 11.6 Å². The zero-order chi connectivity index (χ0) is 17.8. The third-order valence-corrected chi connectivity index (χ3v) is 3.95. The van der Waals surface area contributed by atoms with Gasteiger partial charge in [0.1, 0.15) is 12.4 Å². The molecule has 7 heteroatoms. The maximum Gasteiger partial charge on any atom is 0.344 e. The molecule has 0 saturated heterocycles. The average Bonchev–Trinajstić information content (AvgIpc) is 2.86. The fourth-order valence-electron chi connectivity index (χ4n) is 2.43. The Labute approximate surface area is 148 Å². The van der Waals surface area contributed by atoms with Crippen LogP contribution in [0.3, 0.4) is 0 Å². The number of imide groups is 1. The second-order valence-electron chi connectivity index (χ2n) is 5.25. The Morgan fingerprint density at radius 1 is 0.960 bits per heavy atom. The molecule has 0 radical (unpaired) electrons. The number of esters is 1. The van der Waals surface area contributed by atoms with E-state index in [9.17, 15) is 14.4 Å². The number of ether oxygens (including phenoxy) is 2. The van der Waals surface area contributed by atoms with Crippen molar-refractivity contribution in [2.24, 2.45) is 0 Å². The normalized spacial score (nSPS) is 12.9. The number of hydrogen-bond acceptors (Lipinski definition) is 5. The van der Waals surface area contributed by atoms with Gasteiger partial charge in [0.2, 0.25) is 0 Å². The van der Waals surface area contributed by atoms with Crippen molar-refractivity contribution in [2.75, 3.05) is 19.8 Å². The van der Waals surface area contributed by atoms with Crippen LogP contribution in [0.2, 0.25) is 5.02 Å². The Morgan fingerprint density at radius 3 is 2.20 bits per heavy atom. The van der Waals surface area contributed by atoms with Crippen molar-refractivity contribution < 1.29 is 23.9 Å². The fourth-order valence-corrected chi connectivity index (χ4v) is 2.62. The molecule has 0 spiro atoms. The van der Waals surface area contributed by atoms with E-state index >= 15 is 0 Å². The number of carbonyl (C=O) groups excluding carboxylic acids is 3. The van der Waals surface area contributed by atoms with Crippen molar-refractivity contribution in [1.82, 2.24) is 4.90 Å². The number of halogens is 1. The Kier molecular flexibility index (Phi) is 5.00. The summed E-state index contributed by atoms with van der Waals surface area (Å²) in [6.07, 6.45) is 0. The van der Waals surface area contributed by atoms with Crippen LogP contribution < -0.4 is 4.74 Å². The molecule has 2 aromatic rings. The number of hydrogen-bond donors (Lipinski definition) is 0. The molecule has 1 heterocycles. The first kappa shape index (κ1) is 17.0. The van der Waals surface area contributed by atoms with Gasteiger partial charge in [-0.25, -0.2) is 4.79 Å². The van der Waals surface area contributed by atoms with Crippen LogP contribution in [0, 0.1) is 0 Å². The molecule has 0 atom stereocenters. The maximum absolute atomic E-state index is 12.2. The van der Waals surface area contributed by atoms with Crippen LogP contribution in [0.15, 0.2) is 48.5 Å². The average molecular weight is 360 g/mol. The van der Waals surface area contributed by atoms with Gasteiger partial charge in [-0.1, -0.05) is 35.9 Å². The number of nitrogens with zero attached hydrogens (tertiary/aromatic N) is 1. The fraction of sp³-hybridized carbons (Fsp3) is 0.167. The highest BCUT2D eigenvalue weighted by molar-refractivity contribution is 6.32. The minimum atomic E-state index is -0.614. The number of benzene rings is 2. The van der Waals surface area contributed by atoms with E-state index in [1.165, 1.54) is 0 Å². The zero-order valence-electron chi connectivity index (χ0n) is 13.1. The van der Waals surface area contributed by atoms with Crippen LogP contribution in [-0.4, -0.2) is 42.4 Å². The number of rotatable bonds is 6. The lowest BCUT2D eigenvalue weighted by molar-refractivity contribution is -0.146. The molecule has 6 nitrogen and oxygen atoms in total. The minimum absolute atomic E-state index is 0.00974. The molecule has 0 aliphatic carbocycles. The number of fused-ring (bicyclic) bond motifs is 1. The molecular weight excluding hydrogens is 346 g/mol. The number of amides is 2. The Balaban J connectivity index is 1.47. The van der Waals surface area contributed by atoms with Gasteiger partial charge in [0.05, 0.1) is 22.7 Å². The largest absolute Gasteiger partial charge is 0.480 e. The van der Waals surface area contributed by atoms with Crippen molar-refractivity contribution in [2.45, 2.75) is 0 Å². The number of para-hydroxylation sites is 1. The molecule has 128 valence electrons. The van der Waals surface area contributed by atoms with E-state index in [1.54, 1.807) is 48.5 Å². The standard InChI is InChI=1S/C18H14ClNO5/c19-14-7-3-4-8-15(14)25-11-16(21)24-10-9-20-17(22)12-5-1-2-6-13(12)18(20)23/h1-8H,9-11H2. The summed E-state index contributed by atoms with van der Waals surface area (Å²) in [4.78, 5) is 37.1. The topological polar surface area (TPSA) is 72.9 Å². The van der Waals surface area contributed by atoms with Crippen molar-refractivity contribution in [3.63, 3.8) is 0 Å². The molecule has 3 rings (SSSR count). The summed E-state index contributed by atoms with van der Waals surface area (Å²) in [6, 6.07) is 13.3. The molecule has 0 unspecified atom stereocenters. The van der Waals surface area contributed by atoms with Crippen LogP contribution in [0.25, 0.3) is 0 Å². The van der Waals surface area contributed by atoms with Gasteiger partial charge >= 0.3 is 5.97 Å². The lowest BCUT2D eigenvalue weighted by Gasteiger charge is -2.14. The molecule has 25 heavy (non-hydrogen) atoms. The van der Waals surface area contributed by atoms with E-state index in [1.807, 2.05) is 0 Å². The lowest BCUT2D eigenvalue weighted by atomic mass is 10.1. The van der Waals surface area contributed by atoms with Gasteiger partial charge in [-0.05, 0) is 24.3 Å². The first-order valence-electron chi connectivity index (χ1n) is 7.56. The van der Waals surface area contributed by atoms with E-state index in [4.69, 9.17) is 21.1 Å². The monoisotopic (exact) mass is 359 g/mol. The Hall–Kier alpha value is -2.86. The van der Waals surface area contributed by atoms with E-state index in [-0.39, 0.29) is 31.6 Å². The Morgan fingerprint density at radius 2 is 1.56 bits per heavy atom. The van der Waals surface area contributed by atoms with Gasteiger partial charge in [-0.15, -0.1) is 0 Å². The van der Waals surface area contributed by atoms with Gasteiger partial charge < -0.3 is 9.47 Å². The second kappa shape index (κ2) is 7.36. The van der Waals surface area contributed by atoms with Crippen molar-refractivity contribution in [1.29, 1.82) is 0 Å². The molecule has 0 bridgehead atoms. The predicted octanol–water partition coefficient (Wildman–Crippen LogP) is 2.56. The van der Waals surface area contributed by atoms with Gasteiger partial charge in [0.15, 0.2) is 6.61 Å². The minimum Gasteiger partial charge on any atom is -0.480 e. The quantitative estimate of drug-likeness (QED) is 0.585. The van der Waals surface area contributed by atoms with Gasteiger partial charge in [-0.2, -0.15) is 0 Å². The van der Waals surface area contributed by atoms with Gasteiger partial charge in [0.25, 0.3) is 11.8 Å². The molecule has 1 aliphatic heterocycles. The van der Waals surface area contributed by atoms with Crippen LogP contribution in [0.1, 0.15) is 20.7 Å². The highest BCUT2D eigenvalue weighted by Gasteiger charge is 2.34. The van der Waals surface area contributed by atoms with Crippen LogP contribution in [0.4, 0.5) is 0 Å². The number of carbonyl (C=O) groups is 3. The van der Waals surface area contributed by atoms with Crippen LogP contribution in [0.5, 0.6) is 5.75 Å². The smallest absolute Gasteiger partial charge is 0.344 e. The third-order valence-electron chi connectivity index (χ3n) is 3.64. The van der Waals surface area contributed by atoms with Crippen molar-refractivity contribution in [3.05, 3.63) is 64.7 Å². The summed E-state index contributed by atoms with van der Waals surface area (Å²) in [5.41, 5.74) is 0.724. The van der Waals surface area contributed by atoms with Crippen molar-refractivity contribution >= 4 is 29.4 Å². The maximum atomic E-state index is 12.2. The first-order valence-corrected chi connectivity index (χ1v) is 7.94. The third kappa shape index (κ3) is 3.64. The molecule has 0 fully saturated rings. The molecule has 2 amide bonds. The second-order valence-corrected chi connectivity index (χ2v) is 5.65. The lowest BCUT2D eigenvalue weighted by Crippen LogP contribution is -2.33. The first-order chi connectivity index (χ1) is 12.1. The SMILES string of the molecule is O=C(COc1ccccc1Cl)OCCN1C(=O)c2ccccc2C1=O. The molecular formula is C18H14ClNO5. The molecule has 0 N–H and O–H groups in total. The summed E-state index contributed by atoms with van der Waals surface area (Å²) in [5.74, 6) is -1.01. The van der Waals surface area contributed by atoms with E-state index in [0.717, 1.165) is 4.90 Å². The van der Waals surface area contributed by atoms with Crippen LogP contribution in [-0.2, 0) is 9.53 Å². The summed E-state index contributed by atoms with van der Waals surface area (Å²) < 4.78 is 10.3. The summed E-state index contributed by atoms with van der Waals surface area (Å²) in [7, 11) is 0. The van der Waals surface area contributed by atoms with Gasteiger partial charge in [-0.3, -0.25) is 14.5 Å². The highest BCUT2D eigenvalue weighted by atomic mass is 35.5. The highest BCUT2D eigenvalue weighted by Crippen LogP contribution is 2.23. The molecule has 2 aromatic carbocycles.